The van der Waals surface area contributed by atoms with Crippen molar-refractivity contribution in [3.05, 3.63) is 27.8 Å². The van der Waals surface area contributed by atoms with E-state index >= 15 is 0 Å². The zero-order valence-corrected chi connectivity index (χ0v) is 14.4. The van der Waals surface area contributed by atoms with Gasteiger partial charge in [-0.2, -0.15) is 0 Å². The van der Waals surface area contributed by atoms with Gasteiger partial charge in [0.15, 0.2) is 0 Å². The van der Waals surface area contributed by atoms with Gasteiger partial charge >= 0.3 is 5.63 Å². The normalized spacial score (nSPS) is 25.2. The second-order valence-corrected chi connectivity index (χ2v) is 8.98. The predicted molar refractivity (Wildman–Crippen MR) is 92.1 cm³/mol. The molecule has 1 N–H and O–H groups in total. The average molecular weight is 328 g/mol. The van der Waals surface area contributed by atoms with Crippen molar-refractivity contribution in [3.63, 3.8) is 0 Å². The number of aromatic hydroxyl groups is 1. The Kier molecular flexibility index (Phi) is 3.53. The summed E-state index contributed by atoms with van der Waals surface area (Å²) in [6, 6.07) is 1.77. The van der Waals surface area contributed by atoms with Crippen LogP contribution in [0.25, 0.3) is 0 Å². The molecule has 4 aliphatic carbocycles. The van der Waals surface area contributed by atoms with Crippen molar-refractivity contribution in [2.24, 2.45) is 29.6 Å². The molecule has 1 unspecified atom stereocenters. The third kappa shape index (κ3) is 3.14. The summed E-state index contributed by atoms with van der Waals surface area (Å²) in [5, 5.41) is 10.6. The summed E-state index contributed by atoms with van der Waals surface area (Å²) in [4.78, 5) is 12.6. The smallest absolute Gasteiger partial charge is 0.343 e. The third-order valence-electron chi connectivity index (χ3n) is 6.70. The van der Waals surface area contributed by atoms with Gasteiger partial charge in [0.2, 0.25) is 0 Å². The maximum atomic E-state index is 12.6. The summed E-state index contributed by atoms with van der Waals surface area (Å²) in [7, 11) is 0. The molecule has 4 aliphatic rings. The Labute approximate surface area is 143 Å². The molecule has 0 spiro atoms. The lowest BCUT2D eigenvalue weighted by Gasteiger charge is -2.18. The Morgan fingerprint density at radius 1 is 1.00 bits per heavy atom. The standard InChI is InChI=1S/C21H28O3/c22-18-11-17(10-16(13-3-4-13)9-12-1-2-12)24-21(23)20(18)19(14-5-6-14)15-7-8-15/h11-16,19,22H,1-10H2. The first-order valence-corrected chi connectivity index (χ1v) is 10.0. The van der Waals surface area contributed by atoms with Gasteiger partial charge in [-0.25, -0.2) is 4.79 Å². The number of hydrogen-bond donors (Lipinski definition) is 1. The van der Waals surface area contributed by atoms with E-state index in [1.807, 2.05) is 0 Å². The van der Waals surface area contributed by atoms with Crippen LogP contribution in [0, 0.1) is 29.6 Å². The fourth-order valence-corrected chi connectivity index (χ4v) is 4.76. The molecular formula is C21H28O3. The van der Waals surface area contributed by atoms with E-state index in [-0.39, 0.29) is 17.3 Å². The van der Waals surface area contributed by atoms with Crippen LogP contribution >= 0.6 is 0 Å². The molecule has 130 valence electrons. The second-order valence-electron chi connectivity index (χ2n) is 8.98. The van der Waals surface area contributed by atoms with Crippen LogP contribution in [-0.4, -0.2) is 5.11 Å². The molecule has 4 fully saturated rings. The molecule has 0 radical (unpaired) electrons. The molecule has 0 saturated heterocycles. The van der Waals surface area contributed by atoms with Gasteiger partial charge in [0.1, 0.15) is 11.5 Å². The van der Waals surface area contributed by atoms with Gasteiger partial charge < -0.3 is 9.52 Å². The minimum Gasteiger partial charge on any atom is -0.507 e. The zero-order valence-electron chi connectivity index (χ0n) is 14.4. The van der Waals surface area contributed by atoms with Crippen LogP contribution in [0.2, 0.25) is 0 Å². The Balaban J connectivity index is 1.38. The van der Waals surface area contributed by atoms with Crippen LogP contribution < -0.4 is 5.63 Å². The third-order valence-corrected chi connectivity index (χ3v) is 6.70. The molecule has 0 aromatic carbocycles. The lowest BCUT2D eigenvalue weighted by molar-refractivity contribution is 0.338. The molecule has 1 aromatic rings. The van der Waals surface area contributed by atoms with Crippen molar-refractivity contribution in [1.29, 1.82) is 0 Å². The minimum absolute atomic E-state index is 0.214. The van der Waals surface area contributed by atoms with Crippen LogP contribution in [0.3, 0.4) is 0 Å². The van der Waals surface area contributed by atoms with E-state index in [1.165, 1.54) is 57.8 Å². The average Bonchev–Trinajstić information content (AvgIpc) is 3.38. The molecule has 1 atom stereocenters. The molecule has 1 aromatic heterocycles. The van der Waals surface area contributed by atoms with Gasteiger partial charge in [0.25, 0.3) is 0 Å². The fraction of sp³-hybridized carbons (Fsp3) is 0.762. The summed E-state index contributed by atoms with van der Waals surface area (Å²) in [6.45, 7) is 0. The molecule has 1 heterocycles. The van der Waals surface area contributed by atoms with Gasteiger partial charge in [0.05, 0.1) is 5.56 Å². The molecule has 24 heavy (non-hydrogen) atoms. The number of rotatable bonds is 8. The summed E-state index contributed by atoms with van der Waals surface area (Å²) in [5.74, 6) is 4.76. The summed E-state index contributed by atoms with van der Waals surface area (Å²) in [5.41, 5.74) is 0.337. The first-order chi connectivity index (χ1) is 11.7. The lowest BCUT2D eigenvalue weighted by atomic mass is 9.89. The highest BCUT2D eigenvalue weighted by molar-refractivity contribution is 5.36. The van der Waals surface area contributed by atoms with Crippen molar-refractivity contribution >= 4 is 0 Å². The lowest BCUT2D eigenvalue weighted by Crippen LogP contribution is -2.18. The maximum Gasteiger partial charge on any atom is 0.343 e. The molecule has 4 saturated carbocycles. The van der Waals surface area contributed by atoms with E-state index in [0.29, 0.717) is 29.1 Å². The fourth-order valence-electron chi connectivity index (χ4n) is 4.76. The summed E-state index contributed by atoms with van der Waals surface area (Å²) in [6.07, 6.45) is 12.3. The van der Waals surface area contributed by atoms with Gasteiger partial charge in [-0.1, -0.05) is 12.8 Å². The van der Waals surface area contributed by atoms with E-state index < -0.39 is 0 Å². The van der Waals surface area contributed by atoms with E-state index in [9.17, 15) is 9.90 Å². The van der Waals surface area contributed by atoms with Crippen molar-refractivity contribution in [3.8, 4) is 5.75 Å². The van der Waals surface area contributed by atoms with Gasteiger partial charge in [0, 0.05) is 18.4 Å². The van der Waals surface area contributed by atoms with Gasteiger partial charge in [-0.05, 0) is 74.5 Å². The van der Waals surface area contributed by atoms with Crippen LogP contribution in [0.1, 0.15) is 75.0 Å². The second kappa shape index (κ2) is 5.64. The van der Waals surface area contributed by atoms with E-state index in [1.54, 1.807) is 6.07 Å². The van der Waals surface area contributed by atoms with Gasteiger partial charge in [-0.3, -0.25) is 0 Å². The minimum atomic E-state index is -0.255. The topological polar surface area (TPSA) is 50.4 Å². The highest BCUT2D eigenvalue weighted by atomic mass is 16.4. The number of hydrogen-bond acceptors (Lipinski definition) is 3. The molecular weight excluding hydrogens is 300 g/mol. The maximum absolute atomic E-state index is 12.6. The predicted octanol–water partition coefficient (Wildman–Crippen LogP) is 4.62. The van der Waals surface area contributed by atoms with Crippen molar-refractivity contribution in [2.75, 3.05) is 0 Å². The highest BCUT2D eigenvalue weighted by Gasteiger charge is 2.45. The van der Waals surface area contributed by atoms with Crippen molar-refractivity contribution < 1.29 is 9.52 Å². The van der Waals surface area contributed by atoms with Gasteiger partial charge in [-0.15, -0.1) is 0 Å². The molecule has 3 heteroatoms. The monoisotopic (exact) mass is 328 g/mol. The van der Waals surface area contributed by atoms with E-state index in [4.69, 9.17) is 4.42 Å². The molecule has 0 bridgehead atoms. The molecule has 0 amide bonds. The largest absolute Gasteiger partial charge is 0.507 e. The van der Waals surface area contributed by atoms with E-state index in [0.717, 1.165) is 18.3 Å². The Hall–Kier alpha value is -1.25. The Morgan fingerprint density at radius 2 is 1.62 bits per heavy atom. The van der Waals surface area contributed by atoms with E-state index in [2.05, 4.69) is 0 Å². The first-order valence-electron chi connectivity index (χ1n) is 10.0. The van der Waals surface area contributed by atoms with Crippen LogP contribution in [-0.2, 0) is 6.42 Å². The van der Waals surface area contributed by atoms with Crippen LogP contribution in [0.5, 0.6) is 5.75 Å². The van der Waals surface area contributed by atoms with Crippen molar-refractivity contribution in [1.82, 2.24) is 0 Å². The summed E-state index contributed by atoms with van der Waals surface area (Å²) >= 11 is 0. The molecule has 0 aliphatic heterocycles. The highest BCUT2D eigenvalue weighted by Crippen LogP contribution is 2.55. The van der Waals surface area contributed by atoms with Crippen LogP contribution in [0.15, 0.2) is 15.3 Å². The SMILES string of the molecule is O=c1oc(CC(CC2CC2)C2CC2)cc(O)c1C(C1CC1)C1CC1. The zero-order chi connectivity index (χ0) is 16.3. The Morgan fingerprint density at radius 3 is 2.12 bits per heavy atom. The molecule has 3 nitrogen and oxygen atoms in total. The van der Waals surface area contributed by atoms with Crippen molar-refractivity contribution in [2.45, 2.75) is 70.1 Å². The quantitative estimate of drug-likeness (QED) is 0.757. The van der Waals surface area contributed by atoms with Crippen LogP contribution in [0.4, 0.5) is 0 Å². The molecule has 5 rings (SSSR count). The first kappa shape index (κ1) is 15.0. The summed E-state index contributed by atoms with van der Waals surface area (Å²) < 4.78 is 5.72. The Bertz CT molecular complexity index is 663.